The van der Waals surface area contributed by atoms with Gasteiger partial charge in [-0.15, -0.1) is 0 Å². The van der Waals surface area contributed by atoms with E-state index in [2.05, 4.69) is 36.4 Å². The number of aliphatic carboxylic acids is 2. The highest BCUT2D eigenvalue weighted by Gasteiger charge is 2.21. The molecule has 1 aliphatic carbocycles. The minimum Gasteiger partial charge on any atom is -0.493 e. The number of aryl methyl sites for hydroxylation is 2. The van der Waals surface area contributed by atoms with Gasteiger partial charge in [0.25, 0.3) is 0 Å². The molecule has 5 rings (SSSR count). The van der Waals surface area contributed by atoms with Crippen molar-refractivity contribution in [3.8, 4) is 5.75 Å². The number of benzene rings is 3. The maximum absolute atomic E-state index is 11.4. The SMILES string of the molecule is O=C(O)Cc1cn(CC(=O)O)c2cccc(CCc3ccc(OCC4Cc5ccccc5C4)cc3)c12. The summed E-state index contributed by atoms with van der Waals surface area (Å²) in [5.41, 5.74) is 6.45. The van der Waals surface area contributed by atoms with Crippen LogP contribution in [0.3, 0.4) is 0 Å². The van der Waals surface area contributed by atoms with Gasteiger partial charge in [0.05, 0.1) is 13.0 Å². The molecule has 184 valence electrons. The van der Waals surface area contributed by atoms with Crippen LogP contribution in [0.15, 0.2) is 72.9 Å². The van der Waals surface area contributed by atoms with Crippen molar-refractivity contribution in [1.82, 2.24) is 4.57 Å². The van der Waals surface area contributed by atoms with Gasteiger partial charge in [-0.2, -0.15) is 0 Å². The maximum Gasteiger partial charge on any atom is 0.323 e. The van der Waals surface area contributed by atoms with E-state index in [-0.39, 0.29) is 13.0 Å². The fraction of sp³-hybridized carbons (Fsp3) is 0.267. The predicted octanol–water partition coefficient (Wildman–Crippen LogP) is 4.93. The van der Waals surface area contributed by atoms with Gasteiger partial charge in [0.2, 0.25) is 0 Å². The number of hydrogen-bond donors (Lipinski definition) is 2. The van der Waals surface area contributed by atoms with E-state index in [1.807, 2.05) is 30.3 Å². The molecule has 0 bridgehead atoms. The van der Waals surface area contributed by atoms with Gasteiger partial charge in [0, 0.05) is 23.0 Å². The molecule has 0 saturated heterocycles. The summed E-state index contributed by atoms with van der Waals surface area (Å²) in [6, 6.07) is 22.5. The molecule has 6 nitrogen and oxygen atoms in total. The topological polar surface area (TPSA) is 88.8 Å². The van der Waals surface area contributed by atoms with Crippen LogP contribution < -0.4 is 4.74 Å². The first-order valence-corrected chi connectivity index (χ1v) is 12.3. The van der Waals surface area contributed by atoms with Crippen LogP contribution in [0, 0.1) is 5.92 Å². The van der Waals surface area contributed by atoms with Crippen molar-refractivity contribution in [2.24, 2.45) is 5.92 Å². The van der Waals surface area contributed by atoms with Crippen LogP contribution in [0.25, 0.3) is 10.9 Å². The summed E-state index contributed by atoms with van der Waals surface area (Å²) in [6.07, 6.45) is 5.16. The lowest BCUT2D eigenvalue weighted by molar-refractivity contribution is -0.138. The van der Waals surface area contributed by atoms with E-state index in [0.717, 1.165) is 53.5 Å². The summed E-state index contributed by atoms with van der Waals surface area (Å²) < 4.78 is 7.70. The second-order valence-corrected chi connectivity index (χ2v) is 9.56. The highest BCUT2D eigenvalue weighted by molar-refractivity contribution is 5.91. The molecule has 6 heteroatoms. The molecular formula is C30H29NO5. The molecule has 0 amide bonds. The zero-order valence-corrected chi connectivity index (χ0v) is 20.0. The normalized spacial score (nSPS) is 13.1. The summed E-state index contributed by atoms with van der Waals surface area (Å²) in [4.78, 5) is 22.7. The minimum atomic E-state index is -0.959. The first-order valence-electron chi connectivity index (χ1n) is 12.3. The second-order valence-electron chi connectivity index (χ2n) is 9.56. The Labute approximate surface area is 209 Å². The number of carboxylic acids is 2. The van der Waals surface area contributed by atoms with Gasteiger partial charge >= 0.3 is 11.9 Å². The van der Waals surface area contributed by atoms with Crippen LogP contribution in [0.5, 0.6) is 5.75 Å². The third-order valence-corrected chi connectivity index (χ3v) is 6.95. The molecule has 1 aliphatic rings. The molecular weight excluding hydrogens is 454 g/mol. The van der Waals surface area contributed by atoms with Crippen molar-refractivity contribution in [3.63, 3.8) is 0 Å². The number of fused-ring (bicyclic) bond motifs is 2. The van der Waals surface area contributed by atoms with Crippen LogP contribution in [0.4, 0.5) is 0 Å². The highest BCUT2D eigenvalue weighted by atomic mass is 16.5. The van der Waals surface area contributed by atoms with Crippen LogP contribution in [0.1, 0.15) is 27.8 Å². The molecule has 0 fully saturated rings. The highest BCUT2D eigenvalue weighted by Crippen LogP contribution is 2.29. The Morgan fingerprint density at radius 1 is 0.833 bits per heavy atom. The van der Waals surface area contributed by atoms with Crippen molar-refractivity contribution >= 4 is 22.8 Å². The molecule has 0 unspecified atom stereocenters. The maximum atomic E-state index is 11.4. The molecule has 0 radical (unpaired) electrons. The zero-order valence-electron chi connectivity index (χ0n) is 20.0. The van der Waals surface area contributed by atoms with E-state index >= 15 is 0 Å². The Balaban J connectivity index is 1.24. The van der Waals surface area contributed by atoms with Crippen molar-refractivity contribution in [2.45, 2.75) is 38.6 Å². The van der Waals surface area contributed by atoms with Gasteiger partial charge in [0.15, 0.2) is 0 Å². The number of hydrogen-bond acceptors (Lipinski definition) is 3. The standard InChI is InChI=1S/C30H29NO5/c32-28(33)16-25-17-31(18-29(34)35)27-7-3-6-22(30(25)27)11-8-20-9-12-26(13-10-20)36-19-21-14-23-4-1-2-5-24(23)15-21/h1-7,9-10,12-13,17,21H,8,11,14-16,18-19H2,(H,32,33)(H,34,35). The average Bonchev–Trinajstić information content (AvgIpc) is 3.43. The second kappa shape index (κ2) is 10.3. The van der Waals surface area contributed by atoms with E-state index < -0.39 is 11.9 Å². The fourth-order valence-corrected chi connectivity index (χ4v) is 5.31. The molecule has 36 heavy (non-hydrogen) atoms. The van der Waals surface area contributed by atoms with E-state index in [4.69, 9.17) is 4.74 Å². The Morgan fingerprint density at radius 2 is 1.56 bits per heavy atom. The monoisotopic (exact) mass is 483 g/mol. The average molecular weight is 484 g/mol. The van der Waals surface area contributed by atoms with E-state index in [0.29, 0.717) is 18.1 Å². The first-order chi connectivity index (χ1) is 17.5. The van der Waals surface area contributed by atoms with Gasteiger partial charge in [-0.25, -0.2) is 0 Å². The largest absolute Gasteiger partial charge is 0.493 e. The van der Waals surface area contributed by atoms with Crippen LogP contribution in [-0.4, -0.2) is 33.3 Å². The van der Waals surface area contributed by atoms with Crippen LogP contribution in [0.2, 0.25) is 0 Å². The molecule has 3 aromatic carbocycles. The molecule has 0 aliphatic heterocycles. The van der Waals surface area contributed by atoms with E-state index in [9.17, 15) is 19.8 Å². The van der Waals surface area contributed by atoms with Gasteiger partial charge in [-0.1, -0.05) is 48.5 Å². The summed E-state index contributed by atoms with van der Waals surface area (Å²) in [6.45, 7) is 0.504. The number of ether oxygens (including phenoxy) is 1. The summed E-state index contributed by atoms with van der Waals surface area (Å²) in [5.74, 6) is -0.516. The molecule has 1 aromatic heterocycles. The van der Waals surface area contributed by atoms with Gasteiger partial charge in [-0.05, 0) is 71.7 Å². The van der Waals surface area contributed by atoms with Gasteiger partial charge in [0.1, 0.15) is 12.3 Å². The number of nitrogens with zero attached hydrogens (tertiary/aromatic N) is 1. The smallest absolute Gasteiger partial charge is 0.323 e. The van der Waals surface area contributed by atoms with Crippen LogP contribution >= 0.6 is 0 Å². The molecule has 4 aromatic rings. The quantitative estimate of drug-likeness (QED) is 0.334. The molecule has 0 saturated carbocycles. The Bertz CT molecular complexity index is 1380. The Kier molecular flexibility index (Phi) is 6.76. The predicted molar refractivity (Wildman–Crippen MR) is 138 cm³/mol. The molecule has 0 atom stereocenters. The van der Waals surface area contributed by atoms with Crippen LogP contribution in [-0.2, 0) is 48.2 Å². The lowest BCUT2D eigenvalue weighted by atomic mass is 9.98. The minimum absolute atomic E-state index is 0.141. The Morgan fingerprint density at radius 3 is 2.22 bits per heavy atom. The third-order valence-electron chi connectivity index (χ3n) is 6.95. The number of carboxylic acid groups (broad SMARTS) is 2. The molecule has 0 spiro atoms. The van der Waals surface area contributed by atoms with E-state index in [1.54, 1.807) is 10.8 Å². The summed E-state index contributed by atoms with van der Waals surface area (Å²) >= 11 is 0. The molecule has 1 heterocycles. The van der Waals surface area contributed by atoms with Crippen molar-refractivity contribution in [1.29, 1.82) is 0 Å². The van der Waals surface area contributed by atoms with Crippen molar-refractivity contribution in [2.75, 3.05) is 6.61 Å². The van der Waals surface area contributed by atoms with Gasteiger partial charge < -0.3 is 19.5 Å². The van der Waals surface area contributed by atoms with E-state index in [1.165, 1.54) is 11.1 Å². The van der Waals surface area contributed by atoms with Crippen molar-refractivity contribution in [3.05, 3.63) is 101 Å². The number of aromatic nitrogens is 1. The molecule has 2 N–H and O–H groups in total. The summed E-state index contributed by atoms with van der Waals surface area (Å²) in [5, 5.41) is 19.5. The van der Waals surface area contributed by atoms with Gasteiger partial charge in [-0.3, -0.25) is 9.59 Å². The fourth-order valence-electron chi connectivity index (χ4n) is 5.31. The number of carbonyl (C=O) groups is 2. The first kappa shape index (κ1) is 23.7. The lowest BCUT2D eigenvalue weighted by Gasteiger charge is -2.12. The van der Waals surface area contributed by atoms with Crippen molar-refractivity contribution < 1.29 is 24.5 Å². The summed E-state index contributed by atoms with van der Waals surface area (Å²) in [7, 11) is 0. The third kappa shape index (κ3) is 5.28. The lowest BCUT2D eigenvalue weighted by Crippen LogP contribution is -2.12. The Hall–Kier alpha value is -4.06. The number of rotatable bonds is 10. The zero-order chi connectivity index (χ0) is 25.1.